The molecule has 0 amide bonds. The number of hydrogen-bond acceptors (Lipinski definition) is 0. The van der Waals surface area contributed by atoms with Crippen molar-refractivity contribution in [2.45, 2.75) is 77.0 Å². The molecule has 2 saturated carbocycles. The van der Waals surface area contributed by atoms with Crippen LogP contribution in [0.4, 0.5) is 0 Å². The number of halogens is 2. The Balaban J connectivity index is 0.000000231. The zero-order valence-corrected chi connectivity index (χ0v) is 39.4. The zero-order chi connectivity index (χ0) is 36.7. The van der Waals surface area contributed by atoms with E-state index in [2.05, 4.69) is 152 Å². The van der Waals surface area contributed by atoms with Gasteiger partial charge in [0.2, 0.25) is 0 Å². The SMILES string of the molecule is Cl.Cl.[CH3-].[CH3-].[Si]=[Zr].c1ccc2c(-c3cccc4[cH-]c(CC5CCCCC5)cc34)cccc2c1.c1ccc2c(-c3cccc4[cH-]c(CC5CCCCC5)cc34)cccc2c1. The van der Waals surface area contributed by atoms with E-state index in [1.54, 1.807) is 0 Å². The van der Waals surface area contributed by atoms with Gasteiger partial charge in [-0.05, 0) is 57.3 Å². The summed E-state index contributed by atoms with van der Waals surface area (Å²) in [5.74, 6) is 1.78. The van der Waals surface area contributed by atoms with E-state index in [4.69, 9.17) is 0 Å². The molecule has 8 aromatic carbocycles. The summed E-state index contributed by atoms with van der Waals surface area (Å²) in [5.41, 5.74) is 8.49. The second kappa shape index (κ2) is 22.9. The summed E-state index contributed by atoms with van der Waals surface area (Å²) < 4.78 is 0. The van der Waals surface area contributed by atoms with E-state index in [0.29, 0.717) is 0 Å². The standard InChI is InChI=1S/2C26H25.2CH3.2ClH.Si.Zr/c2*1-2-8-19(9-3-1)16-20-17-22-12-7-15-25(26(22)18-20)24-14-6-11-21-10-4-5-13-23(21)24;;;;;;/h2*4-7,10-15,17-19H,1-3,8-9,16H2;2*1H3;2*1H;;/q4*-1;;;;. The topological polar surface area (TPSA) is 0 Å². The molecule has 10 rings (SSSR count). The van der Waals surface area contributed by atoms with Crippen molar-refractivity contribution in [1.82, 2.24) is 0 Å². The van der Waals surface area contributed by atoms with Gasteiger partial charge in [0.1, 0.15) is 0 Å². The molecule has 2 radical (unpaired) electrons. The normalized spacial score (nSPS) is 14.1. The van der Waals surface area contributed by atoms with Crippen molar-refractivity contribution in [3.05, 3.63) is 172 Å². The summed E-state index contributed by atoms with van der Waals surface area (Å²) in [6, 6.07) is 54.1. The second-order valence-corrected chi connectivity index (χ2v) is 15.8. The van der Waals surface area contributed by atoms with Crippen LogP contribution in [0.5, 0.6) is 0 Å². The third kappa shape index (κ3) is 10.7. The van der Waals surface area contributed by atoms with Crippen LogP contribution in [0.2, 0.25) is 0 Å². The fourth-order valence-electron chi connectivity index (χ4n) is 9.67. The molecule has 0 unspecified atom stereocenters. The van der Waals surface area contributed by atoms with Crippen LogP contribution >= 0.6 is 24.8 Å². The predicted molar refractivity (Wildman–Crippen MR) is 259 cm³/mol. The van der Waals surface area contributed by atoms with Gasteiger partial charge in [-0.3, -0.25) is 0 Å². The Morgan fingerprint density at radius 3 is 1.14 bits per heavy atom. The first-order valence-corrected chi connectivity index (χ1v) is 24.5. The smallest absolute Gasteiger partial charge is 0.0114 e. The van der Waals surface area contributed by atoms with Crippen molar-refractivity contribution in [2.24, 2.45) is 11.8 Å². The Bertz CT molecular complexity index is 2300. The summed E-state index contributed by atoms with van der Waals surface area (Å²) in [4.78, 5) is 0. The van der Waals surface area contributed by atoms with Crippen molar-refractivity contribution in [3.63, 3.8) is 0 Å². The molecule has 58 heavy (non-hydrogen) atoms. The van der Waals surface area contributed by atoms with E-state index in [1.165, 1.54) is 177 Å². The first-order chi connectivity index (χ1) is 26.8. The Labute approximate surface area is 378 Å². The summed E-state index contributed by atoms with van der Waals surface area (Å²) in [7, 11) is 0. The molecule has 8 aromatic rings. The van der Waals surface area contributed by atoms with Gasteiger partial charge in [-0.15, -0.1) is 93.9 Å². The average molecular weight is 897 g/mol. The molecule has 0 nitrogen and oxygen atoms in total. The summed E-state index contributed by atoms with van der Waals surface area (Å²) in [6.07, 6.45) is 16.7. The van der Waals surface area contributed by atoms with Gasteiger partial charge in [-0.1, -0.05) is 172 Å². The van der Waals surface area contributed by atoms with E-state index in [9.17, 15) is 0 Å². The summed E-state index contributed by atoms with van der Waals surface area (Å²) in [6.45, 7) is 3.06. The third-order valence-corrected chi connectivity index (χ3v) is 12.3. The monoisotopic (exact) mass is 894 g/mol. The van der Waals surface area contributed by atoms with Gasteiger partial charge in [0.05, 0.1) is 0 Å². The number of hydrogen-bond donors (Lipinski definition) is 0. The largest absolute Gasteiger partial charge is 0.164 e. The van der Waals surface area contributed by atoms with Crippen LogP contribution in [-0.4, -0.2) is 6.88 Å². The fourth-order valence-corrected chi connectivity index (χ4v) is 9.67. The van der Waals surface area contributed by atoms with Gasteiger partial charge in [-0.25, -0.2) is 0 Å². The maximum absolute atomic E-state index is 3.06. The maximum atomic E-state index is 3.06. The summed E-state index contributed by atoms with van der Waals surface area (Å²) >= 11 is 1.36. The Hall–Kier alpha value is -3.26. The number of rotatable bonds is 6. The molecule has 0 heterocycles. The second-order valence-electron chi connectivity index (χ2n) is 15.8. The minimum Gasteiger partial charge on any atom is -0.164 e. The van der Waals surface area contributed by atoms with Crippen LogP contribution < -0.4 is 0 Å². The van der Waals surface area contributed by atoms with E-state index < -0.39 is 0 Å². The van der Waals surface area contributed by atoms with Crippen molar-refractivity contribution in [1.29, 1.82) is 0 Å². The van der Waals surface area contributed by atoms with Crippen molar-refractivity contribution in [2.75, 3.05) is 0 Å². The van der Waals surface area contributed by atoms with Crippen LogP contribution in [0.1, 0.15) is 75.3 Å². The van der Waals surface area contributed by atoms with E-state index in [-0.39, 0.29) is 39.7 Å². The van der Waals surface area contributed by atoms with E-state index in [0.717, 1.165) is 11.8 Å². The molecule has 2 aliphatic rings. The Kier molecular flexibility index (Phi) is 18.7. The van der Waals surface area contributed by atoms with Gasteiger partial charge in [-0.2, -0.15) is 12.1 Å². The third-order valence-electron chi connectivity index (χ3n) is 12.3. The van der Waals surface area contributed by atoms with Gasteiger partial charge in [0, 0.05) is 0 Å². The Morgan fingerprint density at radius 1 is 0.414 bits per heavy atom. The first kappa shape index (κ1) is 47.4. The molecular formula is C54H58Cl2SiZr-4. The number of fused-ring (bicyclic) bond motifs is 4. The number of benzene rings is 6. The molecule has 300 valence electrons. The van der Waals surface area contributed by atoms with E-state index in [1.807, 2.05) is 0 Å². The van der Waals surface area contributed by atoms with Crippen molar-refractivity contribution >= 4 is 74.8 Å². The van der Waals surface area contributed by atoms with Crippen molar-refractivity contribution in [3.8, 4) is 22.3 Å². The first-order valence-electron chi connectivity index (χ1n) is 20.3. The van der Waals surface area contributed by atoms with Gasteiger partial charge in [0.15, 0.2) is 0 Å². The van der Waals surface area contributed by atoms with Crippen LogP contribution in [0.15, 0.2) is 146 Å². The van der Waals surface area contributed by atoms with Gasteiger partial charge < -0.3 is 14.9 Å². The molecule has 2 fully saturated rings. The predicted octanol–water partition coefficient (Wildman–Crippen LogP) is 16.4. The molecule has 0 atom stereocenters. The quantitative estimate of drug-likeness (QED) is 0.115. The Morgan fingerprint density at radius 2 is 0.741 bits per heavy atom. The summed E-state index contributed by atoms with van der Waals surface area (Å²) in [5, 5.41) is 10.9. The molecule has 0 spiro atoms. The average Bonchev–Trinajstić information content (AvgIpc) is 3.85. The van der Waals surface area contributed by atoms with Crippen molar-refractivity contribution < 1.29 is 23.3 Å². The maximum Gasteiger partial charge on any atom is -0.0114 e. The van der Waals surface area contributed by atoms with Gasteiger partial charge in [0.25, 0.3) is 0 Å². The van der Waals surface area contributed by atoms with Crippen LogP contribution in [-0.2, 0) is 36.2 Å². The minimum absolute atomic E-state index is 0. The zero-order valence-electron chi connectivity index (χ0n) is 34.3. The van der Waals surface area contributed by atoms with E-state index >= 15 is 0 Å². The van der Waals surface area contributed by atoms with Gasteiger partial charge >= 0.3 is 30.2 Å². The molecular weight excluding hydrogens is 839 g/mol. The molecule has 0 saturated heterocycles. The molecule has 2 aliphatic carbocycles. The van der Waals surface area contributed by atoms with Crippen LogP contribution in [0.3, 0.4) is 0 Å². The van der Waals surface area contributed by atoms with Crippen LogP contribution in [0, 0.1) is 26.7 Å². The van der Waals surface area contributed by atoms with Crippen LogP contribution in [0.25, 0.3) is 65.3 Å². The molecule has 0 bridgehead atoms. The molecule has 0 aliphatic heterocycles. The molecule has 0 aromatic heterocycles. The molecule has 0 N–H and O–H groups in total. The molecule has 4 heteroatoms. The minimum atomic E-state index is 0. The fraction of sp³-hybridized carbons (Fsp3) is 0.259.